The van der Waals surface area contributed by atoms with Crippen LogP contribution in [0.1, 0.15) is 12.5 Å². The van der Waals surface area contributed by atoms with Crippen LogP contribution in [0.15, 0.2) is 27.6 Å². The summed E-state index contributed by atoms with van der Waals surface area (Å²) in [5.74, 6) is 4.86. The van der Waals surface area contributed by atoms with Crippen LogP contribution in [0.5, 0.6) is 0 Å². The summed E-state index contributed by atoms with van der Waals surface area (Å²) in [4.78, 5) is 11.2. The highest BCUT2D eigenvalue weighted by molar-refractivity contribution is 7.91. The molecule has 1 atom stereocenters. The molecule has 0 fully saturated rings. The number of rotatable bonds is 7. The summed E-state index contributed by atoms with van der Waals surface area (Å²) in [7, 11) is -3.65. The Hall–Kier alpha value is -1.66. The maximum absolute atomic E-state index is 12.1. The monoisotopic (exact) mass is 349 g/mol. The highest BCUT2D eigenvalue weighted by atomic mass is 32.2. The van der Waals surface area contributed by atoms with Gasteiger partial charge in [0.15, 0.2) is 0 Å². The molecule has 1 aromatic rings. The first-order valence-corrected chi connectivity index (χ1v) is 8.52. The molecule has 1 amide bonds. The van der Waals surface area contributed by atoms with Crippen LogP contribution in [0.2, 0.25) is 0 Å². The minimum Gasteiger partial charge on any atom is -0.400 e. The maximum atomic E-state index is 12.1. The molecule has 0 aliphatic rings. The van der Waals surface area contributed by atoms with Crippen molar-refractivity contribution >= 4 is 27.3 Å². The number of hydrogen-bond acceptors (Lipinski definition) is 8. The van der Waals surface area contributed by atoms with Crippen LogP contribution in [-0.2, 0) is 14.8 Å². The maximum Gasteiger partial charge on any atom is 0.267 e. The lowest BCUT2D eigenvalue weighted by atomic mass is 10.3. The molecule has 1 heterocycles. The Bertz CT molecular complexity index is 655. The van der Waals surface area contributed by atoms with Gasteiger partial charge in [-0.1, -0.05) is 0 Å². The number of thiophene rings is 1. The molecule has 0 saturated carbocycles. The number of amides is 1. The van der Waals surface area contributed by atoms with E-state index in [1.165, 1.54) is 18.6 Å². The van der Waals surface area contributed by atoms with E-state index in [-0.39, 0.29) is 16.5 Å². The van der Waals surface area contributed by atoms with E-state index in [4.69, 9.17) is 16.8 Å². The summed E-state index contributed by atoms with van der Waals surface area (Å²) in [5, 5.41) is 11.1. The van der Waals surface area contributed by atoms with Gasteiger partial charge in [-0.25, -0.2) is 24.5 Å². The van der Waals surface area contributed by atoms with Crippen molar-refractivity contribution in [3.05, 3.63) is 28.9 Å². The number of hydrogen-bond donors (Lipinski definition) is 5. The smallest absolute Gasteiger partial charge is 0.267 e. The molecule has 0 aliphatic carbocycles. The molecule has 1 aromatic heterocycles. The van der Waals surface area contributed by atoms with Gasteiger partial charge in [0.1, 0.15) is 10.3 Å². The van der Waals surface area contributed by atoms with Gasteiger partial charge in [-0.05, 0) is 30.9 Å². The summed E-state index contributed by atoms with van der Waals surface area (Å²) in [6.07, 6.45) is 1.21. The minimum absolute atomic E-state index is 0.109. The first-order chi connectivity index (χ1) is 10.2. The van der Waals surface area contributed by atoms with Crippen molar-refractivity contribution in [1.29, 1.82) is 0 Å². The van der Waals surface area contributed by atoms with E-state index in [1.807, 2.05) is 0 Å². The van der Waals surface area contributed by atoms with Gasteiger partial charge in [-0.15, -0.1) is 11.3 Å². The largest absolute Gasteiger partial charge is 0.400 e. The number of hydroxylamine groups is 1. The number of sulfonamides is 1. The Labute approximate surface area is 132 Å². The molecule has 0 aliphatic heterocycles. The summed E-state index contributed by atoms with van der Waals surface area (Å²) in [5.41, 5.74) is 7.89. The first-order valence-electron chi connectivity index (χ1n) is 6.16. The van der Waals surface area contributed by atoms with Crippen molar-refractivity contribution in [2.45, 2.75) is 24.1 Å². The Kier molecular flexibility index (Phi) is 6.32. The summed E-state index contributed by atoms with van der Waals surface area (Å²) < 4.78 is 26.7. The zero-order valence-corrected chi connectivity index (χ0v) is 13.7. The average Bonchev–Trinajstić information content (AvgIpc) is 2.90. The molecule has 9 nitrogen and oxygen atoms in total. The second-order valence-corrected chi connectivity index (χ2v) is 7.40. The van der Waals surface area contributed by atoms with Crippen molar-refractivity contribution in [2.24, 2.45) is 11.6 Å². The lowest BCUT2D eigenvalue weighted by molar-refractivity contribution is -0.133. The first kappa shape index (κ1) is 18.4. The fourth-order valence-electron chi connectivity index (χ4n) is 1.46. The van der Waals surface area contributed by atoms with E-state index >= 15 is 0 Å². The molecule has 1 rings (SSSR count). The Balaban J connectivity index is 2.69. The van der Waals surface area contributed by atoms with E-state index < -0.39 is 22.0 Å². The van der Waals surface area contributed by atoms with Gasteiger partial charge in [0.2, 0.25) is 0 Å². The Morgan fingerprint density at radius 3 is 2.73 bits per heavy atom. The molecule has 0 aromatic carbocycles. The van der Waals surface area contributed by atoms with Crippen molar-refractivity contribution in [3.8, 4) is 0 Å². The van der Waals surface area contributed by atoms with Gasteiger partial charge in [0.25, 0.3) is 15.9 Å². The van der Waals surface area contributed by atoms with Crippen LogP contribution in [0.4, 0.5) is 0 Å². The number of nitrogens with one attached hydrogen (secondary N) is 2. The van der Waals surface area contributed by atoms with Crippen molar-refractivity contribution in [2.75, 3.05) is 6.54 Å². The predicted molar refractivity (Wildman–Crippen MR) is 81.9 cm³/mol. The second kappa shape index (κ2) is 7.56. The number of aryl methyl sites for hydroxylation is 1. The van der Waals surface area contributed by atoms with Crippen molar-refractivity contribution in [1.82, 2.24) is 15.2 Å². The van der Waals surface area contributed by atoms with Crippen LogP contribution in [0.3, 0.4) is 0 Å². The molecule has 0 unspecified atom stereocenters. The lowest BCUT2D eigenvalue weighted by Crippen LogP contribution is -2.45. The van der Waals surface area contributed by atoms with E-state index in [0.29, 0.717) is 5.56 Å². The van der Waals surface area contributed by atoms with E-state index in [0.717, 1.165) is 16.3 Å². The molecule has 22 heavy (non-hydrogen) atoms. The molecule has 11 heteroatoms. The van der Waals surface area contributed by atoms with Gasteiger partial charge in [-0.2, -0.15) is 0 Å². The van der Waals surface area contributed by atoms with Crippen molar-refractivity contribution < 1.29 is 18.4 Å². The minimum atomic E-state index is -3.65. The second-order valence-electron chi connectivity index (χ2n) is 4.52. The molecule has 7 N–H and O–H groups in total. The van der Waals surface area contributed by atoms with Gasteiger partial charge >= 0.3 is 0 Å². The third kappa shape index (κ3) is 4.68. The molecular formula is C11H19N5O4S2. The SMILES string of the molecule is Cc1ccsc1S(=O)(=O)NC/C(N)=C/N(N)[C@@H](C)C(=O)NO. The van der Waals surface area contributed by atoms with Crippen LogP contribution < -0.4 is 21.8 Å². The highest BCUT2D eigenvalue weighted by Crippen LogP contribution is 2.21. The van der Waals surface area contributed by atoms with Gasteiger partial charge in [0, 0.05) is 11.9 Å². The number of carbonyl (C=O) groups excluding carboxylic acids is 1. The van der Waals surface area contributed by atoms with Crippen LogP contribution >= 0.6 is 11.3 Å². The van der Waals surface area contributed by atoms with Gasteiger partial charge < -0.3 is 10.7 Å². The normalized spacial score (nSPS) is 13.7. The Morgan fingerprint density at radius 2 is 2.23 bits per heavy atom. The van der Waals surface area contributed by atoms with Crippen LogP contribution in [0.25, 0.3) is 0 Å². The Morgan fingerprint density at radius 1 is 1.59 bits per heavy atom. The van der Waals surface area contributed by atoms with Gasteiger partial charge in [-0.3, -0.25) is 10.0 Å². The van der Waals surface area contributed by atoms with E-state index in [9.17, 15) is 13.2 Å². The lowest BCUT2D eigenvalue weighted by Gasteiger charge is -2.21. The molecule has 0 radical (unpaired) electrons. The van der Waals surface area contributed by atoms with E-state index in [1.54, 1.807) is 18.4 Å². The highest BCUT2D eigenvalue weighted by Gasteiger charge is 2.19. The molecule has 124 valence electrons. The molecule has 0 saturated heterocycles. The zero-order chi connectivity index (χ0) is 16.9. The predicted octanol–water partition coefficient (Wildman–Crippen LogP) is -0.795. The number of nitrogens with two attached hydrogens (primary N) is 2. The number of nitrogens with zero attached hydrogens (tertiary/aromatic N) is 1. The molecule has 0 bridgehead atoms. The fourth-order valence-corrected chi connectivity index (χ4v) is 3.94. The number of carbonyl (C=O) groups is 1. The van der Waals surface area contributed by atoms with Gasteiger partial charge in [0.05, 0.1) is 6.54 Å². The average molecular weight is 349 g/mol. The van der Waals surface area contributed by atoms with Crippen molar-refractivity contribution in [3.63, 3.8) is 0 Å². The summed E-state index contributed by atoms with van der Waals surface area (Å²) in [6, 6.07) is 0.828. The topological polar surface area (TPSA) is 151 Å². The third-order valence-corrected chi connectivity index (χ3v) is 5.87. The number of hydrazine groups is 1. The fraction of sp³-hybridized carbons (Fsp3) is 0.364. The molecular weight excluding hydrogens is 330 g/mol. The zero-order valence-electron chi connectivity index (χ0n) is 12.1. The van der Waals surface area contributed by atoms with Crippen LogP contribution in [0, 0.1) is 6.92 Å². The standard InChI is InChI=1S/C11H19N5O4S2/c1-7-3-4-21-11(7)22(19,20)14-5-9(12)6-16(13)8(2)10(17)15-18/h3-4,6,8,14,18H,5,12-13H2,1-2H3,(H,15,17)/b9-6-/t8-/m0/s1. The van der Waals surface area contributed by atoms with Crippen LogP contribution in [-0.4, -0.2) is 37.1 Å². The summed E-state index contributed by atoms with van der Waals surface area (Å²) in [6.45, 7) is 2.97. The third-order valence-electron chi connectivity index (χ3n) is 2.78. The summed E-state index contributed by atoms with van der Waals surface area (Å²) >= 11 is 1.11. The quantitative estimate of drug-likeness (QED) is 0.246. The van der Waals surface area contributed by atoms with E-state index in [2.05, 4.69) is 4.72 Å². The molecule has 0 spiro atoms.